The number of hydrogen-bond acceptors (Lipinski definition) is 7. The molecular weight excluding hydrogens is 426 g/mol. The van der Waals surface area contributed by atoms with Gasteiger partial charge in [0, 0.05) is 31.3 Å². The lowest BCUT2D eigenvalue weighted by Crippen LogP contribution is -2.23. The van der Waals surface area contributed by atoms with E-state index in [-0.39, 0.29) is 16.9 Å². The van der Waals surface area contributed by atoms with Crippen LogP contribution in [0.4, 0.5) is 0 Å². The number of para-hydroxylation sites is 1. The Kier molecular flexibility index (Phi) is 5.62. The summed E-state index contributed by atoms with van der Waals surface area (Å²) in [4.78, 5) is 17.5. The van der Waals surface area contributed by atoms with Crippen LogP contribution in [0.25, 0.3) is 11.4 Å². The van der Waals surface area contributed by atoms with Gasteiger partial charge in [0.1, 0.15) is 0 Å². The first-order valence-electron chi connectivity index (χ1n) is 10.4. The summed E-state index contributed by atoms with van der Waals surface area (Å²) in [6.45, 7) is 2.57. The second-order valence-corrected chi connectivity index (χ2v) is 8.96. The third kappa shape index (κ3) is 3.76. The minimum absolute atomic E-state index is 0.0161. The van der Waals surface area contributed by atoms with E-state index < -0.39 is 0 Å². The first kappa shape index (κ1) is 20.7. The number of thioether (sulfide) groups is 1. The highest BCUT2D eigenvalue weighted by atomic mass is 32.2. The second kappa shape index (κ2) is 8.71. The molecule has 1 aliphatic heterocycles. The Morgan fingerprint density at radius 2 is 1.91 bits per heavy atom. The largest absolute Gasteiger partial charge is 0.373 e. The van der Waals surface area contributed by atoms with Crippen molar-refractivity contribution >= 4 is 11.8 Å². The number of ether oxygens (including phenoxy) is 1. The van der Waals surface area contributed by atoms with E-state index in [0.29, 0.717) is 17.5 Å². The maximum atomic E-state index is 13.4. The van der Waals surface area contributed by atoms with Crippen molar-refractivity contribution in [1.29, 1.82) is 0 Å². The number of tetrazole rings is 1. The highest BCUT2D eigenvalue weighted by molar-refractivity contribution is 7.99. The highest BCUT2D eigenvalue weighted by Gasteiger charge is 2.28. The number of hydrogen-bond donors (Lipinski definition) is 0. The minimum atomic E-state index is -0.160. The Balaban J connectivity index is 1.44. The van der Waals surface area contributed by atoms with Gasteiger partial charge in [0.2, 0.25) is 5.16 Å². The average Bonchev–Trinajstić information content (AvgIpc) is 3.36. The van der Waals surface area contributed by atoms with E-state index in [1.165, 1.54) is 0 Å². The zero-order chi connectivity index (χ0) is 22.1. The molecule has 0 N–H and O–H groups in total. The van der Waals surface area contributed by atoms with E-state index in [2.05, 4.69) is 20.5 Å². The molecule has 3 aromatic heterocycles. The second-order valence-electron chi connectivity index (χ2n) is 7.69. The minimum Gasteiger partial charge on any atom is -0.373 e. The van der Waals surface area contributed by atoms with Gasteiger partial charge in [-0.3, -0.25) is 14.5 Å². The lowest BCUT2D eigenvalue weighted by Gasteiger charge is -2.28. The number of benzene rings is 1. The molecule has 5 rings (SSSR count). The van der Waals surface area contributed by atoms with Crippen molar-refractivity contribution in [3.8, 4) is 11.4 Å². The zero-order valence-corrected chi connectivity index (χ0v) is 18.6. The monoisotopic (exact) mass is 449 g/mol. The van der Waals surface area contributed by atoms with Crippen molar-refractivity contribution < 1.29 is 4.74 Å². The standard InChI is InChI=1S/C22H23N7O2S/c1-15-20(21(30)29(27(15)2)17-6-4-3-5-7-17)28-22(24-25-26-28)32-18-10-13-31-19(14-18)16-8-11-23-12-9-16/h3-9,11-12,18-19H,10,13-14H2,1-2H3. The van der Waals surface area contributed by atoms with Crippen LogP contribution in [0.3, 0.4) is 0 Å². The number of pyridine rings is 1. The predicted octanol–water partition coefficient (Wildman–Crippen LogP) is 2.87. The van der Waals surface area contributed by atoms with Crippen LogP contribution < -0.4 is 5.56 Å². The fourth-order valence-corrected chi connectivity index (χ4v) is 5.12. The molecule has 0 saturated carbocycles. The van der Waals surface area contributed by atoms with Crippen molar-refractivity contribution in [3.05, 3.63) is 76.5 Å². The molecule has 1 aromatic carbocycles. The van der Waals surface area contributed by atoms with Crippen molar-refractivity contribution in [2.24, 2.45) is 7.05 Å². The van der Waals surface area contributed by atoms with E-state index in [9.17, 15) is 4.79 Å². The molecule has 32 heavy (non-hydrogen) atoms. The Morgan fingerprint density at radius 3 is 2.69 bits per heavy atom. The molecule has 9 nitrogen and oxygen atoms in total. The summed E-state index contributed by atoms with van der Waals surface area (Å²) in [5.74, 6) is 0. The molecule has 4 heterocycles. The van der Waals surface area contributed by atoms with Crippen LogP contribution in [0.1, 0.15) is 30.2 Å². The molecule has 0 radical (unpaired) electrons. The smallest absolute Gasteiger partial charge is 0.297 e. The first-order valence-corrected chi connectivity index (χ1v) is 11.3. The summed E-state index contributed by atoms with van der Waals surface area (Å²) in [5, 5.41) is 13.2. The SMILES string of the molecule is Cc1c(-n2nnnc2SC2CCOC(c3ccncc3)C2)c(=O)n(-c2ccccc2)n1C. The summed E-state index contributed by atoms with van der Waals surface area (Å²) < 4.78 is 11.0. The van der Waals surface area contributed by atoms with Gasteiger partial charge in [-0.15, -0.1) is 5.10 Å². The zero-order valence-electron chi connectivity index (χ0n) is 17.8. The molecule has 1 saturated heterocycles. The van der Waals surface area contributed by atoms with Gasteiger partial charge in [-0.2, -0.15) is 4.68 Å². The molecule has 164 valence electrons. The maximum absolute atomic E-state index is 13.4. The Labute approximate surface area is 189 Å². The van der Waals surface area contributed by atoms with Crippen LogP contribution in [0.15, 0.2) is 64.8 Å². The summed E-state index contributed by atoms with van der Waals surface area (Å²) in [7, 11) is 1.86. The van der Waals surface area contributed by atoms with Crippen LogP contribution in [0, 0.1) is 6.92 Å². The molecule has 0 spiro atoms. The lowest BCUT2D eigenvalue weighted by atomic mass is 10.0. The van der Waals surface area contributed by atoms with Crippen molar-refractivity contribution in [2.45, 2.75) is 36.3 Å². The van der Waals surface area contributed by atoms with Crippen LogP contribution in [0.2, 0.25) is 0 Å². The summed E-state index contributed by atoms with van der Waals surface area (Å²) in [6.07, 6.45) is 5.31. The summed E-state index contributed by atoms with van der Waals surface area (Å²) >= 11 is 1.59. The van der Waals surface area contributed by atoms with Crippen LogP contribution in [-0.4, -0.2) is 46.4 Å². The Morgan fingerprint density at radius 1 is 1.12 bits per heavy atom. The van der Waals surface area contributed by atoms with Gasteiger partial charge in [-0.1, -0.05) is 30.0 Å². The van der Waals surface area contributed by atoms with Crippen LogP contribution in [0.5, 0.6) is 0 Å². The molecule has 2 atom stereocenters. The van der Waals surface area contributed by atoms with Gasteiger partial charge in [0.15, 0.2) is 5.69 Å². The fourth-order valence-electron chi connectivity index (χ4n) is 4.02. The van der Waals surface area contributed by atoms with E-state index in [1.54, 1.807) is 33.5 Å². The molecule has 10 heteroatoms. The highest BCUT2D eigenvalue weighted by Crippen LogP contribution is 2.36. The summed E-state index contributed by atoms with van der Waals surface area (Å²) in [6, 6.07) is 13.5. The molecule has 0 aliphatic carbocycles. The summed E-state index contributed by atoms with van der Waals surface area (Å²) in [5.41, 5.74) is 3.00. The molecule has 1 aliphatic rings. The van der Waals surface area contributed by atoms with Crippen molar-refractivity contribution in [2.75, 3.05) is 6.61 Å². The van der Waals surface area contributed by atoms with E-state index in [0.717, 1.165) is 29.8 Å². The normalized spacial score (nSPS) is 18.7. The average molecular weight is 450 g/mol. The van der Waals surface area contributed by atoms with Crippen molar-refractivity contribution in [3.63, 3.8) is 0 Å². The number of rotatable bonds is 5. The molecule has 2 unspecified atom stereocenters. The van der Waals surface area contributed by atoms with E-state index in [1.807, 2.05) is 61.1 Å². The topological polar surface area (TPSA) is 92.7 Å². The molecule has 0 amide bonds. The van der Waals surface area contributed by atoms with Crippen LogP contribution in [-0.2, 0) is 11.8 Å². The molecule has 1 fully saturated rings. The number of aromatic nitrogens is 7. The van der Waals surface area contributed by atoms with Gasteiger partial charge in [-0.25, -0.2) is 4.68 Å². The first-order chi connectivity index (χ1) is 15.6. The van der Waals surface area contributed by atoms with Gasteiger partial charge in [0.25, 0.3) is 5.56 Å². The van der Waals surface area contributed by atoms with Gasteiger partial charge in [-0.05, 0) is 60.0 Å². The lowest BCUT2D eigenvalue weighted by molar-refractivity contribution is 0.0177. The van der Waals surface area contributed by atoms with E-state index in [4.69, 9.17) is 4.74 Å². The quantitative estimate of drug-likeness (QED) is 0.463. The van der Waals surface area contributed by atoms with Gasteiger partial charge < -0.3 is 4.74 Å². The van der Waals surface area contributed by atoms with E-state index >= 15 is 0 Å². The Hall–Kier alpha value is -3.24. The molecule has 4 aromatic rings. The van der Waals surface area contributed by atoms with Crippen LogP contribution >= 0.6 is 11.8 Å². The van der Waals surface area contributed by atoms with Gasteiger partial charge in [0.05, 0.1) is 17.5 Å². The predicted molar refractivity (Wildman–Crippen MR) is 120 cm³/mol. The third-order valence-electron chi connectivity index (χ3n) is 5.76. The number of nitrogens with zero attached hydrogens (tertiary/aromatic N) is 7. The molecular formula is C22H23N7O2S. The van der Waals surface area contributed by atoms with Crippen molar-refractivity contribution in [1.82, 2.24) is 34.6 Å². The third-order valence-corrected chi connectivity index (χ3v) is 6.99. The maximum Gasteiger partial charge on any atom is 0.297 e. The molecule has 0 bridgehead atoms. The Bertz CT molecular complexity index is 1270. The van der Waals surface area contributed by atoms with Gasteiger partial charge >= 0.3 is 0 Å². The fraction of sp³-hybridized carbons (Fsp3) is 0.318.